The number of amides is 1. The monoisotopic (exact) mass is 374 g/mol. The zero-order valence-corrected chi connectivity index (χ0v) is 16.5. The van der Waals surface area contributed by atoms with E-state index < -0.39 is 5.63 Å². The van der Waals surface area contributed by atoms with Gasteiger partial charge in [0.1, 0.15) is 16.3 Å². The molecule has 6 heteroatoms. The van der Waals surface area contributed by atoms with Crippen LogP contribution in [0.5, 0.6) is 0 Å². The van der Waals surface area contributed by atoms with Gasteiger partial charge in [-0.3, -0.25) is 4.79 Å². The largest absolute Gasteiger partial charge is 0.427 e. The normalized spacial score (nSPS) is 17.7. The van der Waals surface area contributed by atoms with E-state index >= 15 is 0 Å². The van der Waals surface area contributed by atoms with Gasteiger partial charge < -0.3 is 9.32 Å². The van der Waals surface area contributed by atoms with E-state index in [-0.39, 0.29) is 17.5 Å². The minimum atomic E-state index is -0.516. The Kier molecular flexibility index (Phi) is 5.91. The number of aromatic nitrogens is 1. The minimum Gasteiger partial charge on any atom is -0.427 e. The zero-order valence-electron chi connectivity index (χ0n) is 15.7. The average Bonchev–Trinajstić information content (AvgIpc) is 3.13. The van der Waals surface area contributed by atoms with Crippen molar-refractivity contribution in [3.8, 4) is 0 Å². The molecule has 0 aromatic carbocycles. The maximum atomic E-state index is 13.2. The lowest BCUT2D eigenvalue weighted by Crippen LogP contribution is -2.40. The molecular formula is C20H26N2O3S. The van der Waals surface area contributed by atoms with Crippen molar-refractivity contribution >= 4 is 17.2 Å². The molecule has 2 aromatic heterocycles. The summed E-state index contributed by atoms with van der Waals surface area (Å²) in [7, 11) is 0. The van der Waals surface area contributed by atoms with Crippen LogP contribution in [0.4, 0.5) is 0 Å². The number of carbonyl (C=O) groups is 1. The number of rotatable bonds is 5. The first-order valence-electron chi connectivity index (χ1n) is 9.31. The van der Waals surface area contributed by atoms with E-state index in [1.165, 1.54) is 0 Å². The molecule has 5 nitrogen and oxygen atoms in total. The molecule has 1 saturated heterocycles. The summed E-state index contributed by atoms with van der Waals surface area (Å²) in [6.07, 6.45) is 6.33. The highest BCUT2D eigenvalue weighted by Gasteiger charge is 2.32. The average molecular weight is 375 g/mol. The standard InChI is InChI=1S/C20H26N2O3S/c1-13(2)7-8-15-12-14(3)17(20(24)25-15)19(23)22-10-5-4-6-16(22)18-21-9-11-26-18/h9,11-13,16H,4-8,10H2,1-3H3. The van der Waals surface area contributed by atoms with E-state index in [1.54, 1.807) is 22.4 Å². The highest BCUT2D eigenvalue weighted by atomic mass is 32.1. The van der Waals surface area contributed by atoms with E-state index in [0.717, 1.165) is 30.7 Å². The van der Waals surface area contributed by atoms with Crippen molar-refractivity contribution in [2.75, 3.05) is 6.54 Å². The Bertz CT molecular complexity index is 811. The van der Waals surface area contributed by atoms with Crippen LogP contribution in [0.1, 0.15) is 72.3 Å². The third-order valence-electron chi connectivity index (χ3n) is 4.88. The molecule has 1 atom stereocenters. The Balaban J connectivity index is 1.87. The number of thiazole rings is 1. The summed E-state index contributed by atoms with van der Waals surface area (Å²) >= 11 is 1.56. The van der Waals surface area contributed by atoms with Gasteiger partial charge in [-0.2, -0.15) is 0 Å². The summed E-state index contributed by atoms with van der Waals surface area (Å²) in [5.74, 6) is 0.966. The van der Waals surface area contributed by atoms with Gasteiger partial charge >= 0.3 is 5.63 Å². The lowest BCUT2D eigenvalue weighted by molar-refractivity contribution is 0.0605. The highest BCUT2D eigenvalue weighted by molar-refractivity contribution is 7.09. The molecular weight excluding hydrogens is 348 g/mol. The van der Waals surface area contributed by atoms with E-state index in [2.05, 4.69) is 18.8 Å². The number of hydrogen-bond acceptors (Lipinski definition) is 5. The van der Waals surface area contributed by atoms with Gasteiger partial charge in [0.2, 0.25) is 0 Å². The molecule has 0 radical (unpaired) electrons. The van der Waals surface area contributed by atoms with Crippen LogP contribution in [0.2, 0.25) is 0 Å². The summed E-state index contributed by atoms with van der Waals surface area (Å²) in [6.45, 7) is 6.75. The molecule has 26 heavy (non-hydrogen) atoms. The van der Waals surface area contributed by atoms with Crippen molar-refractivity contribution in [2.45, 2.75) is 58.9 Å². The fourth-order valence-electron chi connectivity index (χ4n) is 3.46. The fourth-order valence-corrected chi connectivity index (χ4v) is 4.24. The smallest absolute Gasteiger partial charge is 0.349 e. The number of likely N-dealkylation sites (tertiary alicyclic amines) is 1. The van der Waals surface area contributed by atoms with E-state index in [0.29, 0.717) is 30.2 Å². The zero-order chi connectivity index (χ0) is 18.7. The predicted octanol–water partition coefficient (Wildman–Crippen LogP) is 4.36. The second kappa shape index (κ2) is 8.16. The number of piperidine rings is 1. The molecule has 0 aliphatic carbocycles. The van der Waals surface area contributed by atoms with Gasteiger partial charge in [-0.15, -0.1) is 11.3 Å². The van der Waals surface area contributed by atoms with Crippen LogP contribution >= 0.6 is 11.3 Å². The van der Waals surface area contributed by atoms with Crippen molar-refractivity contribution in [1.29, 1.82) is 0 Å². The first-order valence-corrected chi connectivity index (χ1v) is 10.2. The van der Waals surface area contributed by atoms with Gasteiger partial charge in [0.05, 0.1) is 6.04 Å². The lowest BCUT2D eigenvalue weighted by atomic mass is 10.00. The van der Waals surface area contributed by atoms with Gasteiger partial charge in [0, 0.05) is 24.5 Å². The van der Waals surface area contributed by atoms with Crippen LogP contribution in [-0.2, 0) is 6.42 Å². The summed E-state index contributed by atoms with van der Waals surface area (Å²) in [6, 6.07) is 1.80. The van der Waals surface area contributed by atoms with Gasteiger partial charge in [-0.25, -0.2) is 9.78 Å². The van der Waals surface area contributed by atoms with Crippen LogP contribution in [0.25, 0.3) is 0 Å². The fraction of sp³-hybridized carbons (Fsp3) is 0.550. The van der Waals surface area contributed by atoms with E-state index in [1.807, 2.05) is 18.4 Å². The molecule has 1 amide bonds. The van der Waals surface area contributed by atoms with Crippen molar-refractivity contribution < 1.29 is 9.21 Å². The molecule has 1 fully saturated rings. The Hall–Kier alpha value is -1.95. The topological polar surface area (TPSA) is 63.4 Å². The number of aryl methyl sites for hydroxylation is 2. The van der Waals surface area contributed by atoms with Crippen LogP contribution in [-0.4, -0.2) is 22.3 Å². The van der Waals surface area contributed by atoms with Crippen molar-refractivity contribution in [3.63, 3.8) is 0 Å². The molecule has 0 N–H and O–H groups in total. The molecule has 1 aliphatic heterocycles. The summed E-state index contributed by atoms with van der Waals surface area (Å²) in [5.41, 5.74) is 0.354. The third-order valence-corrected chi connectivity index (χ3v) is 5.76. The summed E-state index contributed by atoms with van der Waals surface area (Å²) in [5, 5.41) is 2.86. The maximum absolute atomic E-state index is 13.2. The Labute approximate surface area is 158 Å². The minimum absolute atomic E-state index is 0.0457. The molecule has 1 aliphatic rings. The van der Waals surface area contributed by atoms with Crippen molar-refractivity contribution in [2.24, 2.45) is 5.92 Å². The van der Waals surface area contributed by atoms with Crippen LogP contribution in [0.15, 0.2) is 26.9 Å². The van der Waals surface area contributed by atoms with Gasteiger partial charge in [0.25, 0.3) is 5.91 Å². The number of carbonyl (C=O) groups excluding carboxylic acids is 1. The quantitative estimate of drug-likeness (QED) is 0.780. The molecule has 0 spiro atoms. The Morgan fingerprint density at radius 1 is 1.42 bits per heavy atom. The van der Waals surface area contributed by atoms with Gasteiger partial charge in [-0.1, -0.05) is 13.8 Å². The molecule has 3 heterocycles. The molecule has 0 saturated carbocycles. The second-order valence-electron chi connectivity index (χ2n) is 7.37. The molecule has 1 unspecified atom stereocenters. The number of nitrogens with zero attached hydrogens (tertiary/aromatic N) is 2. The summed E-state index contributed by atoms with van der Waals surface area (Å²) < 4.78 is 5.46. The molecule has 0 bridgehead atoms. The lowest BCUT2D eigenvalue weighted by Gasteiger charge is -2.34. The molecule has 140 valence electrons. The highest BCUT2D eigenvalue weighted by Crippen LogP contribution is 2.33. The van der Waals surface area contributed by atoms with Crippen LogP contribution in [0.3, 0.4) is 0 Å². The molecule has 3 rings (SSSR count). The third kappa shape index (κ3) is 4.06. The Morgan fingerprint density at radius 2 is 2.23 bits per heavy atom. The SMILES string of the molecule is Cc1cc(CCC(C)C)oc(=O)c1C(=O)N1CCCCC1c1nccs1. The Morgan fingerprint density at radius 3 is 2.88 bits per heavy atom. The second-order valence-corrected chi connectivity index (χ2v) is 8.30. The first kappa shape index (κ1) is 18.8. The van der Waals surface area contributed by atoms with Crippen molar-refractivity contribution in [1.82, 2.24) is 9.88 Å². The first-order chi connectivity index (χ1) is 12.5. The van der Waals surface area contributed by atoms with Crippen LogP contribution < -0.4 is 5.63 Å². The van der Waals surface area contributed by atoms with E-state index in [9.17, 15) is 9.59 Å². The van der Waals surface area contributed by atoms with Gasteiger partial charge in [0.15, 0.2) is 0 Å². The van der Waals surface area contributed by atoms with Crippen LogP contribution in [0, 0.1) is 12.8 Å². The van der Waals surface area contributed by atoms with Gasteiger partial charge in [-0.05, 0) is 50.2 Å². The maximum Gasteiger partial charge on any atom is 0.349 e. The van der Waals surface area contributed by atoms with E-state index in [4.69, 9.17) is 4.42 Å². The summed E-state index contributed by atoms with van der Waals surface area (Å²) in [4.78, 5) is 31.9. The number of hydrogen-bond donors (Lipinski definition) is 0. The molecule has 2 aromatic rings. The van der Waals surface area contributed by atoms with Crippen molar-refractivity contribution in [3.05, 3.63) is 50.0 Å². The predicted molar refractivity (Wildman–Crippen MR) is 103 cm³/mol.